The fourth-order valence-electron chi connectivity index (χ4n) is 2.09. The molecule has 1 aromatic carbocycles. The number of hydrogen-bond donors (Lipinski definition) is 1. The topological polar surface area (TPSA) is 57.6 Å². The minimum absolute atomic E-state index is 0.0458. The molecular formula is C15H20ClNO3. The summed E-state index contributed by atoms with van der Waals surface area (Å²) in [5.41, 5.74) is 0.807. The van der Waals surface area contributed by atoms with Gasteiger partial charge in [0.05, 0.1) is 5.92 Å². The van der Waals surface area contributed by atoms with Crippen molar-refractivity contribution >= 4 is 23.5 Å². The van der Waals surface area contributed by atoms with Crippen LogP contribution in [0, 0.1) is 5.92 Å². The van der Waals surface area contributed by atoms with E-state index in [1.54, 1.807) is 18.2 Å². The number of hydrogen-bond acceptors (Lipinski definition) is 2. The number of rotatable bonds is 5. The van der Waals surface area contributed by atoms with Crippen LogP contribution in [0.15, 0.2) is 24.3 Å². The van der Waals surface area contributed by atoms with Gasteiger partial charge in [0.1, 0.15) is 6.04 Å². The summed E-state index contributed by atoms with van der Waals surface area (Å²) in [7, 11) is 1.51. The number of carbonyl (C=O) groups is 2. The first-order valence-corrected chi connectivity index (χ1v) is 6.88. The average molecular weight is 298 g/mol. The van der Waals surface area contributed by atoms with Gasteiger partial charge in [-0.2, -0.15) is 0 Å². The fraction of sp³-hybridized carbons (Fsp3) is 0.467. The summed E-state index contributed by atoms with van der Waals surface area (Å²) >= 11 is 5.97. The zero-order valence-corrected chi connectivity index (χ0v) is 12.9. The molecule has 4 nitrogen and oxygen atoms in total. The maximum Gasteiger partial charge on any atom is 0.326 e. The lowest BCUT2D eigenvalue weighted by molar-refractivity contribution is -0.149. The SMILES string of the molecule is CC(C)C(C(=O)N(C)C(C)C(=O)O)c1cccc(Cl)c1. The smallest absolute Gasteiger partial charge is 0.326 e. The van der Waals surface area contributed by atoms with E-state index in [2.05, 4.69) is 0 Å². The van der Waals surface area contributed by atoms with E-state index >= 15 is 0 Å². The molecule has 0 heterocycles. The second-order valence-corrected chi connectivity index (χ2v) is 5.68. The summed E-state index contributed by atoms with van der Waals surface area (Å²) in [6.07, 6.45) is 0. The van der Waals surface area contributed by atoms with Crippen molar-refractivity contribution in [3.05, 3.63) is 34.9 Å². The van der Waals surface area contributed by atoms with Gasteiger partial charge in [-0.1, -0.05) is 37.6 Å². The fourth-order valence-corrected chi connectivity index (χ4v) is 2.29. The Balaban J connectivity index is 3.09. The Morgan fingerprint density at radius 2 is 1.85 bits per heavy atom. The van der Waals surface area contributed by atoms with E-state index in [0.717, 1.165) is 5.56 Å². The maximum absolute atomic E-state index is 12.6. The van der Waals surface area contributed by atoms with Gasteiger partial charge in [0.15, 0.2) is 0 Å². The van der Waals surface area contributed by atoms with Crippen LogP contribution in [0.4, 0.5) is 0 Å². The van der Waals surface area contributed by atoms with Crippen molar-refractivity contribution in [2.45, 2.75) is 32.7 Å². The molecule has 2 unspecified atom stereocenters. The van der Waals surface area contributed by atoms with Gasteiger partial charge in [-0.15, -0.1) is 0 Å². The van der Waals surface area contributed by atoms with Gasteiger partial charge in [-0.25, -0.2) is 4.79 Å². The minimum atomic E-state index is -1.02. The molecule has 110 valence electrons. The number of carboxylic acid groups (broad SMARTS) is 1. The third-order valence-electron chi connectivity index (χ3n) is 3.43. The van der Waals surface area contributed by atoms with Crippen LogP contribution in [0.1, 0.15) is 32.3 Å². The van der Waals surface area contributed by atoms with Gasteiger partial charge in [0, 0.05) is 12.1 Å². The quantitative estimate of drug-likeness (QED) is 0.909. The van der Waals surface area contributed by atoms with E-state index in [9.17, 15) is 9.59 Å². The summed E-state index contributed by atoms with van der Waals surface area (Å²) in [6, 6.07) is 6.28. The molecule has 0 aliphatic carbocycles. The maximum atomic E-state index is 12.6. The number of carboxylic acids is 1. The van der Waals surface area contributed by atoms with Crippen molar-refractivity contribution in [2.24, 2.45) is 5.92 Å². The highest BCUT2D eigenvalue weighted by atomic mass is 35.5. The highest BCUT2D eigenvalue weighted by Crippen LogP contribution is 2.28. The van der Waals surface area contributed by atoms with Crippen molar-refractivity contribution in [1.29, 1.82) is 0 Å². The number of benzene rings is 1. The molecule has 0 aromatic heterocycles. The molecule has 5 heteroatoms. The number of nitrogens with zero attached hydrogens (tertiary/aromatic N) is 1. The lowest BCUT2D eigenvalue weighted by Gasteiger charge is -2.29. The molecule has 2 atom stereocenters. The van der Waals surface area contributed by atoms with Crippen molar-refractivity contribution in [3.8, 4) is 0 Å². The van der Waals surface area contributed by atoms with Crippen LogP contribution >= 0.6 is 11.6 Å². The van der Waals surface area contributed by atoms with Gasteiger partial charge < -0.3 is 10.0 Å². The second-order valence-electron chi connectivity index (χ2n) is 5.24. The van der Waals surface area contributed by atoms with E-state index in [0.29, 0.717) is 5.02 Å². The molecule has 0 saturated heterocycles. The van der Waals surface area contributed by atoms with Crippen LogP contribution in [0.3, 0.4) is 0 Å². The van der Waals surface area contributed by atoms with Crippen molar-refractivity contribution in [2.75, 3.05) is 7.05 Å². The summed E-state index contributed by atoms with van der Waals surface area (Å²) in [5, 5.41) is 9.59. The first kappa shape index (κ1) is 16.5. The molecule has 0 aliphatic heterocycles. The molecule has 0 bridgehead atoms. The lowest BCUT2D eigenvalue weighted by atomic mass is 9.87. The Kier molecular flexibility index (Phi) is 5.57. The van der Waals surface area contributed by atoms with Crippen molar-refractivity contribution in [3.63, 3.8) is 0 Å². The predicted molar refractivity (Wildman–Crippen MR) is 78.9 cm³/mol. The predicted octanol–water partition coefficient (Wildman–Crippen LogP) is 3.01. The molecule has 0 fully saturated rings. The van der Waals surface area contributed by atoms with E-state index in [-0.39, 0.29) is 11.8 Å². The molecule has 1 aromatic rings. The monoisotopic (exact) mass is 297 g/mol. The number of halogens is 1. The Hall–Kier alpha value is -1.55. The highest BCUT2D eigenvalue weighted by molar-refractivity contribution is 6.30. The third kappa shape index (κ3) is 3.73. The average Bonchev–Trinajstić information content (AvgIpc) is 2.36. The Morgan fingerprint density at radius 1 is 1.25 bits per heavy atom. The molecule has 0 saturated carbocycles. The standard InChI is InChI=1S/C15H20ClNO3/c1-9(2)13(11-6-5-7-12(16)8-11)14(18)17(4)10(3)15(19)20/h5-10,13H,1-4H3,(H,19,20). The van der Waals surface area contributed by atoms with Gasteiger partial charge in [-0.3, -0.25) is 4.79 Å². The molecule has 0 aliphatic rings. The zero-order chi connectivity index (χ0) is 15.4. The molecule has 0 spiro atoms. The van der Waals surface area contributed by atoms with Gasteiger partial charge in [0.25, 0.3) is 0 Å². The van der Waals surface area contributed by atoms with Crippen LogP contribution < -0.4 is 0 Å². The Morgan fingerprint density at radius 3 is 2.30 bits per heavy atom. The number of likely N-dealkylation sites (N-methyl/N-ethyl adjacent to an activating group) is 1. The number of aliphatic carboxylic acids is 1. The van der Waals surface area contributed by atoms with E-state index in [1.807, 2.05) is 19.9 Å². The van der Waals surface area contributed by atoms with E-state index in [4.69, 9.17) is 16.7 Å². The number of carbonyl (C=O) groups excluding carboxylic acids is 1. The minimum Gasteiger partial charge on any atom is -0.480 e. The molecule has 20 heavy (non-hydrogen) atoms. The summed E-state index contributed by atoms with van der Waals surface area (Å²) in [6.45, 7) is 5.36. The van der Waals surface area contributed by atoms with Gasteiger partial charge in [0.2, 0.25) is 5.91 Å². The van der Waals surface area contributed by atoms with Crippen LogP contribution in [-0.2, 0) is 9.59 Å². The molecular weight excluding hydrogens is 278 g/mol. The normalized spacial score (nSPS) is 13.9. The van der Waals surface area contributed by atoms with Crippen LogP contribution in [0.2, 0.25) is 5.02 Å². The third-order valence-corrected chi connectivity index (χ3v) is 3.66. The largest absolute Gasteiger partial charge is 0.480 e. The van der Waals surface area contributed by atoms with Gasteiger partial charge >= 0.3 is 5.97 Å². The molecule has 1 amide bonds. The Bertz CT molecular complexity index is 502. The Labute approximate surface area is 124 Å². The molecule has 0 radical (unpaired) electrons. The summed E-state index contributed by atoms with van der Waals surface area (Å²) < 4.78 is 0. The van der Waals surface area contributed by atoms with Crippen LogP contribution in [0.5, 0.6) is 0 Å². The van der Waals surface area contributed by atoms with Crippen LogP contribution in [0.25, 0.3) is 0 Å². The number of amides is 1. The highest BCUT2D eigenvalue weighted by Gasteiger charge is 2.31. The lowest BCUT2D eigenvalue weighted by Crippen LogP contribution is -2.43. The first-order valence-electron chi connectivity index (χ1n) is 6.50. The van der Waals surface area contributed by atoms with Crippen molar-refractivity contribution in [1.82, 2.24) is 4.90 Å². The van der Waals surface area contributed by atoms with Gasteiger partial charge in [-0.05, 0) is 30.5 Å². The summed E-state index contributed by atoms with van der Waals surface area (Å²) in [5.74, 6) is -1.59. The van der Waals surface area contributed by atoms with Crippen molar-refractivity contribution < 1.29 is 14.7 Å². The molecule has 1 rings (SSSR count). The van der Waals surface area contributed by atoms with E-state index < -0.39 is 17.9 Å². The second kappa shape index (κ2) is 6.75. The molecule has 1 N–H and O–H groups in total. The first-order chi connectivity index (χ1) is 9.25. The zero-order valence-electron chi connectivity index (χ0n) is 12.1. The summed E-state index contributed by atoms with van der Waals surface area (Å²) in [4.78, 5) is 24.8. The van der Waals surface area contributed by atoms with Crippen LogP contribution in [-0.4, -0.2) is 35.0 Å². The van der Waals surface area contributed by atoms with E-state index in [1.165, 1.54) is 18.9 Å².